The number of nitrogens with zero attached hydrogens (tertiary/aromatic N) is 1. The summed E-state index contributed by atoms with van der Waals surface area (Å²) in [5.74, 6) is 2.66. The molecule has 34 heavy (non-hydrogen) atoms. The van der Waals surface area contributed by atoms with Gasteiger partial charge in [0.1, 0.15) is 29.6 Å². The Morgan fingerprint density at radius 1 is 0.794 bits per heavy atom. The Morgan fingerprint density at radius 2 is 1.41 bits per heavy atom. The maximum absolute atomic E-state index is 9.94. The van der Waals surface area contributed by atoms with Crippen LogP contribution in [-0.4, -0.2) is 40.3 Å². The van der Waals surface area contributed by atoms with Crippen LogP contribution in [0.25, 0.3) is 20.5 Å². The predicted molar refractivity (Wildman–Crippen MR) is 140 cm³/mol. The molecule has 4 aromatic rings. The van der Waals surface area contributed by atoms with E-state index in [4.69, 9.17) is 9.47 Å². The molecule has 0 unspecified atom stereocenters. The highest BCUT2D eigenvalue weighted by atomic mass is 32.1. The van der Waals surface area contributed by atoms with E-state index in [2.05, 4.69) is 32.6 Å². The Labute approximate surface area is 204 Å². The molecule has 0 fully saturated rings. The lowest BCUT2D eigenvalue weighted by atomic mass is 10.1. The number of benzene rings is 3. The third-order valence-electron chi connectivity index (χ3n) is 5.75. The van der Waals surface area contributed by atoms with E-state index in [1.54, 1.807) is 35.6 Å². The molecular weight excluding hydrogens is 446 g/mol. The van der Waals surface area contributed by atoms with Gasteiger partial charge in [-0.1, -0.05) is 0 Å². The minimum absolute atomic E-state index is 0.213. The molecular formula is C28H31NO4S. The molecule has 0 aliphatic heterocycles. The number of rotatable bonds is 9. The fourth-order valence-corrected chi connectivity index (χ4v) is 5.24. The van der Waals surface area contributed by atoms with Crippen LogP contribution in [-0.2, 0) is 0 Å². The Balaban J connectivity index is 1.53. The van der Waals surface area contributed by atoms with Crippen molar-refractivity contribution in [2.24, 2.45) is 0 Å². The smallest absolute Gasteiger partial charge is 0.153 e. The average Bonchev–Trinajstić information content (AvgIpc) is 3.15. The molecule has 0 saturated heterocycles. The van der Waals surface area contributed by atoms with Gasteiger partial charge in [0, 0.05) is 28.7 Å². The van der Waals surface area contributed by atoms with E-state index in [1.165, 1.54) is 0 Å². The zero-order chi connectivity index (χ0) is 24.2. The topological polar surface area (TPSA) is 62.2 Å². The van der Waals surface area contributed by atoms with Crippen molar-refractivity contribution >= 4 is 21.4 Å². The van der Waals surface area contributed by atoms with Crippen molar-refractivity contribution in [2.45, 2.75) is 39.8 Å². The lowest BCUT2D eigenvalue weighted by Crippen LogP contribution is -2.39. The second kappa shape index (κ2) is 10.4. The number of aromatic hydroxyl groups is 2. The molecule has 3 aromatic carbocycles. The van der Waals surface area contributed by atoms with Crippen molar-refractivity contribution in [1.29, 1.82) is 0 Å². The molecule has 4 rings (SSSR count). The van der Waals surface area contributed by atoms with E-state index >= 15 is 0 Å². The summed E-state index contributed by atoms with van der Waals surface area (Å²) < 4.78 is 13.2. The van der Waals surface area contributed by atoms with E-state index in [-0.39, 0.29) is 11.5 Å². The molecule has 1 heterocycles. The first-order chi connectivity index (χ1) is 16.3. The van der Waals surface area contributed by atoms with Gasteiger partial charge in [0.25, 0.3) is 0 Å². The van der Waals surface area contributed by atoms with Gasteiger partial charge < -0.3 is 19.7 Å². The molecule has 0 aliphatic carbocycles. The van der Waals surface area contributed by atoms with Gasteiger partial charge in [-0.05, 0) is 100.0 Å². The minimum Gasteiger partial charge on any atom is -0.508 e. The number of thiophene rings is 1. The summed E-state index contributed by atoms with van der Waals surface area (Å²) in [6.45, 7) is 10.3. The standard InChI is InChI=1S/C28H31NO4S/c1-18(2)29(19(3)4)15-16-32-23-10-12-24(13-11-23)33-27-25-14-9-22(31)17-26(25)34-28(27)20-5-7-21(30)8-6-20/h5-14,17-19,30-31H,15-16H2,1-4H3. The summed E-state index contributed by atoms with van der Waals surface area (Å²) in [4.78, 5) is 3.34. The quantitative estimate of drug-likeness (QED) is 0.265. The Morgan fingerprint density at radius 3 is 2.06 bits per heavy atom. The Hall–Kier alpha value is -3.22. The molecule has 2 N–H and O–H groups in total. The first-order valence-electron chi connectivity index (χ1n) is 11.5. The van der Waals surface area contributed by atoms with Crippen LogP contribution in [0, 0.1) is 0 Å². The zero-order valence-corrected chi connectivity index (χ0v) is 20.8. The number of phenolic OH excluding ortho intramolecular Hbond substituents is 2. The van der Waals surface area contributed by atoms with Gasteiger partial charge in [0.2, 0.25) is 0 Å². The van der Waals surface area contributed by atoms with Crippen LogP contribution in [0.2, 0.25) is 0 Å². The lowest BCUT2D eigenvalue weighted by Gasteiger charge is -2.30. The maximum atomic E-state index is 9.94. The number of ether oxygens (including phenoxy) is 2. The summed E-state index contributed by atoms with van der Waals surface area (Å²) in [6.07, 6.45) is 0. The lowest BCUT2D eigenvalue weighted by molar-refractivity contribution is 0.142. The summed E-state index contributed by atoms with van der Waals surface area (Å²) in [6, 6.07) is 20.9. The average molecular weight is 478 g/mol. The molecule has 0 amide bonds. The maximum Gasteiger partial charge on any atom is 0.153 e. The second-order valence-corrected chi connectivity index (χ2v) is 9.89. The number of phenols is 2. The van der Waals surface area contributed by atoms with Gasteiger partial charge in [0.15, 0.2) is 5.75 Å². The van der Waals surface area contributed by atoms with Crippen molar-refractivity contribution in [2.75, 3.05) is 13.2 Å². The highest BCUT2D eigenvalue weighted by molar-refractivity contribution is 7.22. The number of fused-ring (bicyclic) bond motifs is 1. The van der Waals surface area contributed by atoms with Gasteiger partial charge in [-0.3, -0.25) is 4.90 Å². The molecule has 0 saturated carbocycles. The fourth-order valence-electron chi connectivity index (χ4n) is 4.07. The van der Waals surface area contributed by atoms with Gasteiger partial charge in [-0.25, -0.2) is 0 Å². The number of hydrogen-bond donors (Lipinski definition) is 2. The monoisotopic (exact) mass is 477 g/mol. The van der Waals surface area contributed by atoms with E-state index in [9.17, 15) is 10.2 Å². The van der Waals surface area contributed by atoms with Crippen molar-refractivity contribution < 1.29 is 19.7 Å². The number of hydrogen-bond acceptors (Lipinski definition) is 6. The zero-order valence-electron chi connectivity index (χ0n) is 20.0. The molecule has 5 nitrogen and oxygen atoms in total. The first kappa shape index (κ1) is 23.9. The van der Waals surface area contributed by atoms with E-state index in [1.807, 2.05) is 42.5 Å². The van der Waals surface area contributed by atoms with Crippen molar-refractivity contribution in [1.82, 2.24) is 4.90 Å². The molecule has 178 valence electrons. The Kier molecular flexibility index (Phi) is 7.29. The van der Waals surface area contributed by atoms with Crippen LogP contribution < -0.4 is 9.47 Å². The summed E-state index contributed by atoms with van der Waals surface area (Å²) in [7, 11) is 0. The van der Waals surface area contributed by atoms with Crippen LogP contribution in [0.15, 0.2) is 66.7 Å². The van der Waals surface area contributed by atoms with Crippen molar-refractivity contribution in [3.63, 3.8) is 0 Å². The molecule has 0 aliphatic rings. The van der Waals surface area contributed by atoms with Crippen molar-refractivity contribution in [3.8, 4) is 39.2 Å². The predicted octanol–water partition coefficient (Wildman–Crippen LogP) is 7.27. The fraction of sp³-hybridized carbons (Fsp3) is 0.286. The summed E-state index contributed by atoms with van der Waals surface area (Å²) >= 11 is 1.54. The first-order valence-corrected chi connectivity index (χ1v) is 12.3. The van der Waals surface area contributed by atoms with Gasteiger partial charge in [0.05, 0.1) is 4.88 Å². The summed E-state index contributed by atoms with van der Waals surface area (Å²) in [5.41, 5.74) is 0.938. The molecule has 0 radical (unpaired) electrons. The normalized spacial score (nSPS) is 11.6. The molecule has 0 spiro atoms. The van der Waals surface area contributed by atoms with E-state index in [0.29, 0.717) is 24.4 Å². The molecule has 0 bridgehead atoms. The van der Waals surface area contributed by atoms with Crippen LogP contribution in [0.3, 0.4) is 0 Å². The molecule has 0 atom stereocenters. The van der Waals surface area contributed by atoms with Gasteiger partial charge in [-0.2, -0.15) is 0 Å². The van der Waals surface area contributed by atoms with Gasteiger partial charge >= 0.3 is 0 Å². The largest absolute Gasteiger partial charge is 0.508 e. The van der Waals surface area contributed by atoms with Crippen LogP contribution in [0.5, 0.6) is 28.7 Å². The van der Waals surface area contributed by atoms with Crippen molar-refractivity contribution in [3.05, 3.63) is 66.7 Å². The van der Waals surface area contributed by atoms with E-state index < -0.39 is 0 Å². The highest BCUT2D eigenvalue weighted by Crippen LogP contribution is 2.47. The minimum atomic E-state index is 0.213. The van der Waals surface area contributed by atoms with Crippen LogP contribution >= 0.6 is 11.3 Å². The van der Waals surface area contributed by atoms with Crippen LogP contribution in [0.1, 0.15) is 27.7 Å². The highest BCUT2D eigenvalue weighted by Gasteiger charge is 2.17. The molecule has 6 heteroatoms. The Bertz CT molecular complexity index is 1220. The van der Waals surface area contributed by atoms with Crippen LogP contribution in [0.4, 0.5) is 0 Å². The van der Waals surface area contributed by atoms with E-state index in [0.717, 1.165) is 38.6 Å². The third kappa shape index (κ3) is 5.46. The third-order valence-corrected chi connectivity index (χ3v) is 6.93. The summed E-state index contributed by atoms with van der Waals surface area (Å²) in [5, 5.41) is 20.5. The molecule has 1 aromatic heterocycles. The second-order valence-electron chi connectivity index (χ2n) is 8.83. The van der Waals surface area contributed by atoms with Gasteiger partial charge in [-0.15, -0.1) is 11.3 Å². The SMILES string of the molecule is CC(C)N(CCOc1ccc(Oc2c(-c3ccc(O)cc3)sc3cc(O)ccc23)cc1)C(C)C.